The second kappa shape index (κ2) is 4.96. The number of aryl methyl sites for hydroxylation is 3. The maximum absolute atomic E-state index is 13.2. The average Bonchev–Trinajstić information content (AvgIpc) is 2.74. The van der Waals surface area contributed by atoms with Gasteiger partial charge in [-0.15, -0.1) is 0 Å². The maximum Gasteiger partial charge on any atom is 0.125 e. The monoisotopic (exact) mass is 269 g/mol. The number of para-hydroxylation sites is 1. The Bertz CT molecular complexity index is 762. The minimum atomic E-state index is -0.255. The van der Waals surface area contributed by atoms with E-state index in [-0.39, 0.29) is 5.82 Å². The molecule has 3 nitrogen and oxygen atoms in total. The zero-order valence-electron chi connectivity index (χ0n) is 11.3. The smallest absolute Gasteiger partial charge is 0.125 e. The lowest BCUT2D eigenvalue weighted by molar-refractivity contribution is 0.629. The summed E-state index contributed by atoms with van der Waals surface area (Å²) in [6.07, 6.45) is 1.60. The maximum atomic E-state index is 13.2. The highest BCUT2D eigenvalue weighted by Crippen LogP contribution is 2.18. The van der Waals surface area contributed by atoms with E-state index in [1.165, 1.54) is 12.1 Å². The highest BCUT2D eigenvalue weighted by atomic mass is 19.1. The molecule has 0 aliphatic rings. The molecule has 0 aliphatic heterocycles. The van der Waals surface area contributed by atoms with Gasteiger partial charge in [0.2, 0.25) is 0 Å². The van der Waals surface area contributed by atoms with Crippen LogP contribution in [0, 0.1) is 5.82 Å². The molecule has 0 amide bonds. The Balaban J connectivity index is 1.88. The molecule has 3 aromatic rings. The fourth-order valence-electron chi connectivity index (χ4n) is 2.45. The van der Waals surface area contributed by atoms with Crippen LogP contribution in [0.4, 0.5) is 10.1 Å². The molecule has 1 heterocycles. The predicted octanol–water partition coefficient (Wildman–Crippen LogP) is 3.08. The van der Waals surface area contributed by atoms with Crippen molar-refractivity contribution in [2.75, 3.05) is 5.73 Å². The van der Waals surface area contributed by atoms with Gasteiger partial charge in [0.15, 0.2) is 0 Å². The molecule has 0 bridgehead atoms. The number of hydrogen-bond acceptors (Lipinski definition) is 2. The van der Waals surface area contributed by atoms with Gasteiger partial charge in [-0.2, -0.15) is 0 Å². The molecule has 0 radical (unpaired) electrons. The number of anilines is 1. The van der Waals surface area contributed by atoms with Crippen LogP contribution in [0.3, 0.4) is 0 Å². The number of nitrogens with zero attached hydrogens (tertiary/aromatic N) is 2. The first kappa shape index (κ1) is 12.7. The molecular formula is C16H16FN3. The molecule has 2 aromatic carbocycles. The first-order valence-corrected chi connectivity index (χ1v) is 6.59. The van der Waals surface area contributed by atoms with Gasteiger partial charge in [0.1, 0.15) is 11.6 Å². The van der Waals surface area contributed by atoms with Crippen LogP contribution in [0.5, 0.6) is 0 Å². The zero-order valence-corrected chi connectivity index (χ0v) is 11.3. The Kier molecular flexibility index (Phi) is 3.14. The highest BCUT2D eigenvalue weighted by molar-refractivity contribution is 5.75. The van der Waals surface area contributed by atoms with Crippen molar-refractivity contribution in [2.45, 2.75) is 12.8 Å². The van der Waals surface area contributed by atoms with Crippen LogP contribution in [-0.2, 0) is 19.9 Å². The summed E-state index contributed by atoms with van der Waals surface area (Å²) in [5, 5.41) is 0. The highest BCUT2D eigenvalue weighted by Gasteiger charge is 2.09. The van der Waals surface area contributed by atoms with E-state index in [1.807, 2.05) is 35.9 Å². The molecule has 20 heavy (non-hydrogen) atoms. The molecule has 3 rings (SSSR count). The molecule has 0 saturated carbocycles. The summed E-state index contributed by atoms with van der Waals surface area (Å²) in [5.41, 5.74) is 9.50. The molecule has 2 N–H and O–H groups in total. The lowest BCUT2D eigenvalue weighted by atomic mass is 10.1. The lowest BCUT2D eigenvalue weighted by Crippen LogP contribution is -2.02. The SMILES string of the molecule is Cn1c(CCc2ccccc2N)nc2cc(F)ccc21. The number of nitrogens with two attached hydrogens (primary N) is 1. The number of imidazole rings is 1. The van der Waals surface area contributed by atoms with Gasteiger partial charge in [0, 0.05) is 25.2 Å². The standard InChI is InChI=1S/C16H16FN3/c1-20-15-8-7-12(17)10-14(15)19-16(20)9-6-11-4-2-3-5-13(11)18/h2-5,7-8,10H,6,9,18H2,1H3. The van der Waals surface area contributed by atoms with Crippen molar-refractivity contribution < 1.29 is 4.39 Å². The minimum Gasteiger partial charge on any atom is -0.399 e. The summed E-state index contributed by atoms with van der Waals surface area (Å²) < 4.78 is 15.2. The van der Waals surface area contributed by atoms with Gasteiger partial charge < -0.3 is 10.3 Å². The Hall–Kier alpha value is -2.36. The summed E-state index contributed by atoms with van der Waals surface area (Å²) in [5.74, 6) is 0.684. The first-order valence-electron chi connectivity index (χ1n) is 6.59. The fourth-order valence-corrected chi connectivity index (χ4v) is 2.45. The summed E-state index contributed by atoms with van der Waals surface area (Å²) in [6, 6.07) is 12.5. The second-order valence-corrected chi connectivity index (χ2v) is 4.92. The molecule has 1 aromatic heterocycles. The third kappa shape index (κ3) is 2.25. The average molecular weight is 269 g/mol. The molecule has 4 heteroatoms. The van der Waals surface area contributed by atoms with Crippen LogP contribution >= 0.6 is 0 Å². The minimum absolute atomic E-state index is 0.255. The number of benzene rings is 2. The van der Waals surface area contributed by atoms with E-state index in [1.54, 1.807) is 6.07 Å². The Morgan fingerprint density at radius 2 is 1.95 bits per heavy atom. The van der Waals surface area contributed by atoms with Crippen LogP contribution in [0.2, 0.25) is 0 Å². The third-order valence-electron chi connectivity index (χ3n) is 3.61. The van der Waals surface area contributed by atoms with Gasteiger partial charge in [-0.05, 0) is 30.2 Å². The lowest BCUT2D eigenvalue weighted by Gasteiger charge is -2.05. The summed E-state index contributed by atoms with van der Waals surface area (Å²) in [7, 11) is 1.96. The molecule has 0 aliphatic carbocycles. The van der Waals surface area contributed by atoms with E-state index in [2.05, 4.69) is 4.98 Å². The van der Waals surface area contributed by atoms with Crippen molar-refractivity contribution in [3.8, 4) is 0 Å². The number of hydrogen-bond donors (Lipinski definition) is 1. The molecule has 102 valence electrons. The van der Waals surface area contributed by atoms with Crippen molar-refractivity contribution in [1.29, 1.82) is 0 Å². The van der Waals surface area contributed by atoms with Crippen LogP contribution in [0.1, 0.15) is 11.4 Å². The van der Waals surface area contributed by atoms with Gasteiger partial charge in [-0.25, -0.2) is 9.37 Å². The molecular weight excluding hydrogens is 253 g/mol. The van der Waals surface area contributed by atoms with Crippen LogP contribution in [0.25, 0.3) is 11.0 Å². The van der Waals surface area contributed by atoms with Crippen molar-refractivity contribution in [2.24, 2.45) is 7.05 Å². The number of halogens is 1. The second-order valence-electron chi connectivity index (χ2n) is 4.92. The zero-order chi connectivity index (χ0) is 14.1. The molecule has 0 atom stereocenters. The number of nitrogen functional groups attached to an aromatic ring is 1. The van der Waals surface area contributed by atoms with Crippen molar-refractivity contribution in [3.05, 3.63) is 59.7 Å². The van der Waals surface area contributed by atoms with Gasteiger partial charge in [-0.3, -0.25) is 0 Å². The third-order valence-corrected chi connectivity index (χ3v) is 3.61. The van der Waals surface area contributed by atoms with Crippen molar-refractivity contribution in [3.63, 3.8) is 0 Å². The van der Waals surface area contributed by atoms with Crippen molar-refractivity contribution >= 4 is 16.7 Å². The van der Waals surface area contributed by atoms with E-state index >= 15 is 0 Å². The van der Waals surface area contributed by atoms with Gasteiger partial charge in [0.05, 0.1) is 11.0 Å². The van der Waals surface area contributed by atoms with E-state index in [9.17, 15) is 4.39 Å². The number of aromatic nitrogens is 2. The largest absolute Gasteiger partial charge is 0.399 e. The van der Waals surface area contributed by atoms with Crippen molar-refractivity contribution in [1.82, 2.24) is 9.55 Å². The van der Waals surface area contributed by atoms with Crippen LogP contribution < -0.4 is 5.73 Å². The molecule has 0 fully saturated rings. The quantitative estimate of drug-likeness (QED) is 0.743. The van der Waals surface area contributed by atoms with Crippen LogP contribution in [-0.4, -0.2) is 9.55 Å². The van der Waals surface area contributed by atoms with Gasteiger partial charge in [-0.1, -0.05) is 18.2 Å². The van der Waals surface area contributed by atoms with E-state index in [4.69, 9.17) is 5.73 Å². The summed E-state index contributed by atoms with van der Waals surface area (Å²) in [6.45, 7) is 0. The normalized spacial score (nSPS) is 11.1. The first-order chi connectivity index (χ1) is 9.65. The topological polar surface area (TPSA) is 43.8 Å². The molecule has 0 spiro atoms. The van der Waals surface area contributed by atoms with E-state index in [0.29, 0.717) is 5.52 Å². The number of fused-ring (bicyclic) bond motifs is 1. The van der Waals surface area contributed by atoms with Gasteiger partial charge >= 0.3 is 0 Å². The summed E-state index contributed by atoms with van der Waals surface area (Å²) in [4.78, 5) is 4.50. The van der Waals surface area contributed by atoms with E-state index in [0.717, 1.165) is 35.4 Å². The van der Waals surface area contributed by atoms with Gasteiger partial charge in [0.25, 0.3) is 0 Å². The fraction of sp³-hybridized carbons (Fsp3) is 0.188. The molecule has 0 saturated heterocycles. The Morgan fingerprint density at radius 3 is 2.75 bits per heavy atom. The summed E-state index contributed by atoms with van der Waals surface area (Å²) >= 11 is 0. The Labute approximate surface area is 116 Å². The van der Waals surface area contributed by atoms with Crippen LogP contribution in [0.15, 0.2) is 42.5 Å². The molecule has 0 unspecified atom stereocenters. The Morgan fingerprint density at radius 1 is 1.15 bits per heavy atom. The van der Waals surface area contributed by atoms with E-state index < -0.39 is 0 Å². The predicted molar refractivity (Wildman–Crippen MR) is 78.9 cm³/mol. The number of rotatable bonds is 3.